The highest BCUT2D eigenvalue weighted by Gasteiger charge is 2.24. The number of fused-ring (bicyclic) bond motifs is 1. The van der Waals surface area contributed by atoms with Crippen LogP contribution in [0.15, 0.2) is 82.5 Å². The summed E-state index contributed by atoms with van der Waals surface area (Å²) in [5.74, 6) is 1.60. The molecule has 0 atom stereocenters. The summed E-state index contributed by atoms with van der Waals surface area (Å²) < 4.78 is 11.4. The first-order valence-corrected chi connectivity index (χ1v) is 8.81. The first-order chi connectivity index (χ1) is 13.7. The highest BCUT2D eigenvalue weighted by atomic mass is 16.5. The lowest BCUT2D eigenvalue weighted by Gasteiger charge is -2.24. The van der Waals surface area contributed by atoms with Crippen molar-refractivity contribution in [2.75, 3.05) is 19.1 Å². The van der Waals surface area contributed by atoms with Crippen molar-refractivity contribution < 1.29 is 9.15 Å². The molecule has 0 aliphatic carbocycles. The SMILES string of the molecule is CN=C(N)N(c1cccnc1-c1ccccc1OC)c1occ2ccccc12. The molecule has 0 bridgehead atoms. The van der Waals surface area contributed by atoms with E-state index in [0.717, 1.165) is 27.8 Å². The second-order valence-electron chi connectivity index (χ2n) is 6.12. The number of anilines is 2. The molecule has 0 aliphatic rings. The minimum absolute atomic E-state index is 0.296. The van der Waals surface area contributed by atoms with Gasteiger partial charge in [0.05, 0.1) is 18.5 Å². The Morgan fingerprint density at radius 2 is 1.86 bits per heavy atom. The van der Waals surface area contributed by atoms with Crippen LogP contribution in [0.25, 0.3) is 22.0 Å². The summed E-state index contributed by atoms with van der Waals surface area (Å²) >= 11 is 0. The number of aromatic nitrogens is 1. The third-order valence-electron chi connectivity index (χ3n) is 4.54. The Balaban J connectivity index is 1.97. The molecule has 2 aromatic carbocycles. The molecular weight excluding hydrogens is 352 g/mol. The lowest BCUT2D eigenvalue weighted by atomic mass is 10.1. The van der Waals surface area contributed by atoms with Crippen LogP contribution in [0.3, 0.4) is 0 Å². The maximum atomic E-state index is 6.31. The zero-order valence-electron chi connectivity index (χ0n) is 15.7. The predicted octanol–water partition coefficient (Wildman–Crippen LogP) is 4.59. The number of pyridine rings is 1. The minimum atomic E-state index is 0.296. The number of furan rings is 1. The van der Waals surface area contributed by atoms with E-state index >= 15 is 0 Å². The van der Waals surface area contributed by atoms with Crippen LogP contribution in [0, 0.1) is 0 Å². The predicted molar refractivity (Wildman–Crippen MR) is 112 cm³/mol. The zero-order chi connectivity index (χ0) is 19.5. The molecule has 0 aliphatic heterocycles. The van der Waals surface area contributed by atoms with Gasteiger partial charge in [0.25, 0.3) is 0 Å². The molecule has 6 nitrogen and oxygen atoms in total. The zero-order valence-corrected chi connectivity index (χ0v) is 15.7. The van der Waals surface area contributed by atoms with Crippen LogP contribution in [-0.2, 0) is 0 Å². The van der Waals surface area contributed by atoms with Crippen LogP contribution in [0.2, 0.25) is 0 Å². The van der Waals surface area contributed by atoms with E-state index in [1.54, 1.807) is 31.5 Å². The Kier molecular flexibility index (Phi) is 4.68. The van der Waals surface area contributed by atoms with E-state index in [1.165, 1.54) is 0 Å². The van der Waals surface area contributed by atoms with Crippen molar-refractivity contribution in [3.8, 4) is 17.0 Å². The van der Waals surface area contributed by atoms with E-state index in [4.69, 9.17) is 14.9 Å². The fraction of sp³-hybridized carbons (Fsp3) is 0.0909. The Bertz CT molecular complexity index is 1150. The number of para-hydroxylation sites is 1. The molecule has 0 amide bonds. The maximum Gasteiger partial charge on any atom is 0.214 e. The quantitative estimate of drug-likeness (QED) is 0.419. The lowest BCUT2D eigenvalue weighted by Crippen LogP contribution is -2.33. The summed E-state index contributed by atoms with van der Waals surface area (Å²) in [7, 11) is 3.29. The van der Waals surface area contributed by atoms with E-state index in [9.17, 15) is 0 Å². The van der Waals surface area contributed by atoms with Gasteiger partial charge in [0, 0.05) is 29.6 Å². The van der Waals surface area contributed by atoms with Crippen LogP contribution in [0.5, 0.6) is 5.75 Å². The van der Waals surface area contributed by atoms with E-state index in [-0.39, 0.29) is 0 Å². The van der Waals surface area contributed by atoms with E-state index in [1.807, 2.05) is 60.7 Å². The van der Waals surface area contributed by atoms with Crippen LogP contribution < -0.4 is 15.4 Å². The highest BCUT2D eigenvalue weighted by molar-refractivity contribution is 6.09. The van der Waals surface area contributed by atoms with Gasteiger partial charge >= 0.3 is 0 Å². The fourth-order valence-electron chi connectivity index (χ4n) is 3.21. The van der Waals surface area contributed by atoms with E-state index in [2.05, 4.69) is 9.98 Å². The first-order valence-electron chi connectivity index (χ1n) is 8.81. The normalized spacial score (nSPS) is 11.6. The average Bonchev–Trinajstić information content (AvgIpc) is 3.18. The Morgan fingerprint density at radius 1 is 1.07 bits per heavy atom. The molecule has 0 unspecified atom stereocenters. The number of ether oxygens (including phenoxy) is 1. The Morgan fingerprint density at radius 3 is 2.68 bits per heavy atom. The van der Waals surface area contributed by atoms with Crippen molar-refractivity contribution in [3.63, 3.8) is 0 Å². The maximum absolute atomic E-state index is 6.31. The molecule has 4 rings (SSSR count). The number of rotatable bonds is 4. The van der Waals surface area contributed by atoms with Gasteiger partial charge < -0.3 is 14.9 Å². The molecule has 4 aromatic rings. The second-order valence-corrected chi connectivity index (χ2v) is 6.12. The molecule has 0 radical (unpaired) electrons. The van der Waals surface area contributed by atoms with Gasteiger partial charge in [-0.3, -0.25) is 9.98 Å². The number of hydrogen-bond donors (Lipinski definition) is 1. The third kappa shape index (κ3) is 2.95. The molecule has 0 saturated heterocycles. The number of nitrogens with zero attached hydrogens (tertiary/aromatic N) is 3. The summed E-state index contributed by atoms with van der Waals surface area (Å²) in [6.45, 7) is 0. The highest BCUT2D eigenvalue weighted by Crippen LogP contribution is 2.40. The first kappa shape index (κ1) is 17.6. The van der Waals surface area contributed by atoms with Gasteiger partial charge in [0.1, 0.15) is 12.0 Å². The molecule has 28 heavy (non-hydrogen) atoms. The molecule has 2 heterocycles. The van der Waals surface area contributed by atoms with Crippen molar-refractivity contribution in [1.29, 1.82) is 0 Å². The molecule has 0 saturated carbocycles. The van der Waals surface area contributed by atoms with Crippen molar-refractivity contribution in [2.24, 2.45) is 10.7 Å². The van der Waals surface area contributed by atoms with Crippen molar-refractivity contribution in [1.82, 2.24) is 4.98 Å². The van der Waals surface area contributed by atoms with Gasteiger partial charge in [-0.15, -0.1) is 0 Å². The van der Waals surface area contributed by atoms with Crippen molar-refractivity contribution >= 4 is 28.3 Å². The molecule has 6 heteroatoms. The molecule has 2 aromatic heterocycles. The van der Waals surface area contributed by atoms with Gasteiger partial charge in [0.15, 0.2) is 0 Å². The molecule has 2 N–H and O–H groups in total. The molecule has 0 spiro atoms. The number of benzene rings is 2. The monoisotopic (exact) mass is 372 g/mol. The smallest absolute Gasteiger partial charge is 0.214 e. The van der Waals surface area contributed by atoms with Crippen LogP contribution in [0.4, 0.5) is 11.6 Å². The Labute approximate surface area is 162 Å². The van der Waals surface area contributed by atoms with Crippen molar-refractivity contribution in [2.45, 2.75) is 0 Å². The average molecular weight is 372 g/mol. The van der Waals surface area contributed by atoms with Gasteiger partial charge in [-0.1, -0.05) is 30.3 Å². The number of methoxy groups -OCH3 is 1. The van der Waals surface area contributed by atoms with E-state index < -0.39 is 0 Å². The van der Waals surface area contributed by atoms with Crippen molar-refractivity contribution in [3.05, 3.63) is 73.1 Å². The van der Waals surface area contributed by atoms with Gasteiger partial charge in [0.2, 0.25) is 11.8 Å². The standard InChI is InChI=1S/C22H20N4O2/c1-24-22(23)26(21-16-9-4-3-8-15(16)14-28-21)18-11-7-13-25-20(18)17-10-5-6-12-19(17)27-2/h3-14H,1-2H3,(H2,23,24). The Hall–Kier alpha value is -3.80. The van der Waals surface area contributed by atoms with Crippen LogP contribution >= 0.6 is 0 Å². The topological polar surface area (TPSA) is 76.9 Å². The minimum Gasteiger partial charge on any atom is -0.496 e. The largest absolute Gasteiger partial charge is 0.496 e. The van der Waals surface area contributed by atoms with Gasteiger partial charge in [-0.2, -0.15) is 0 Å². The number of aliphatic imine (C=N–C) groups is 1. The van der Waals surface area contributed by atoms with Gasteiger partial charge in [-0.05, 0) is 30.3 Å². The summed E-state index contributed by atoms with van der Waals surface area (Å²) in [6, 6.07) is 19.4. The van der Waals surface area contributed by atoms with Gasteiger partial charge in [-0.25, -0.2) is 4.90 Å². The number of guanidine groups is 1. The number of hydrogen-bond acceptors (Lipinski definition) is 4. The van der Waals surface area contributed by atoms with Crippen LogP contribution in [0.1, 0.15) is 0 Å². The third-order valence-corrected chi connectivity index (χ3v) is 4.54. The fourth-order valence-corrected chi connectivity index (χ4v) is 3.21. The molecule has 140 valence electrons. The number of nitrogens with two attached hydrogens (primary N) is 1. The lowest BCUT2D eigenvalue weighted by molar-refractivity contribution is 0.416. The van der Waals surface area contributed by atoms with Crippen LogP contribution in [-0.4, -0.2) is 25.1 Å². The van der Waals surface area contributed by atoms with E-state index in [0.29, 0.717) is 17.5 Å². The summed E-state index contributed by atoms with van der Waals surface area (Å²) in [5, 5.41) is 1.91. The second kappa shape index (κ2) is 7.44. The molecular formula is C22H20N4O2. The summed E-state index contributed by atoms with van der Waals surface area (Å²) in [5.41, 5.74) is 8.62. The summed E-state index contributed by atoms with van der Waals surface area (Å²) in [4.78, 5) is 10.6. The molecule has 0 fully saturated rings. The summed E-state index contributed by atoms with van der Waals surface area (Å²) in [6.07, 6.45) is 3.45.